The van der Waals surface area contributed by atoms with Crippen LogP contribution in [0.3, 0.4) is 0 Å². The second kappa shape index (κ2) is 5.61. The van der Waals surface area contributed by atoms with Crippen LogP contribution in [0.1, 0.15) is 20.3 Å². The second-order valence-electron chi connectivity index (χ2n) is 4.16. The Bertz CT molecular complexity index is 191. The van der Waals surface area contributed by atoms with E-state index in [4.69, 9.17) is 5.73 Å². The van der Waals surface area contributed by atoms with Crippen LogP contribution in [0.4, 0.5) is 0 Å². The SMILES string of the molecule is CC(C)C(CN)NC(=O)C1CCSC1. The Hall–Kier alpha value is -0.220. The van der Waals surface area contributed by atoms with E-state index in [1.807, 2.05) is 11.8 Å². The lowest BCUT2D eigenvalue weighted by Gasteiger charge is -2.22. The number of thioether (sulfide) groups is 1. The molecule has 1 amide bonds. The van der Waals surface area contributed by atoms with Gasteiger partial charge in [0.15, 0.2) is 0 Å². The summed E-state index contributed by atoms with van der Waals surface area (Å²) in [6.45, 7) is 4.70. The van der Waals surface area contributed by atoms with E-state index in [1.54, 1.807) is 0 Å². The van der Waals surface area contributed by atoms with Gasteiger partial charge in [0, 0.05) is 24.3 Å². The average Bonchev–Trinajstić information content (AvgIpc) is 2.65. The van der Waals surface area contributed by atoms with Crippen molar-refractivity contribution in [2.24, 2.45) is 17.6 Å². The lowest BCUT2D eigenvalue weighted by molar-refractivity contribution is -0.125. The van der Waals surface area contributed by atoms with Crippen molar-refractivity contribution in [2.75, 3.05) is 18.1 Å². The average molecular weight is 216 g/mol. The first kappa shape index (κ1) is 11.9. The fraction of sp³-hybridized carbons (Fsp3) is 0.900. The third-order valence-electron chi connectivity index (χ3n) is 2.69. The molecule has 0 aromatic carbocycles. The van der Waals surface area contributed by atoms with Crippen LogP contribution in [-0.4, -0.2) is 30.0 Å². The molecule has 0 saturated carbocycles. The molecule has 82 valence electrons. The van der Waals surface area contributed by atoms with Gasteiger partial charge in [-0.15, -0.1) is 0 Å². The van der Waals surface area contributed by atoms with Crippen LogP contribution in [0.25, 0.3) is 0 Å². The zero-order valence-electron chi connectivity index (χ0n) is 8.95. The second-order valence-corrected chi connectivity index (χ2v) is 5.31. The Labute approximate surface area is 90.2 Å². The van der Waals surface area contributed by atoms with E-state index in [1.165, 1.54) is 0 Å². The minimum absolute atomic E-state index is 0.133. The first-order valence-electron chi connectivity index (χ1n) is 5.23. The van der Waals surface area contributed by atoms with E-state index in [2.05, 4.69) is 19.2 Å². The number of nitrogens with two attached hydrogens (primary N) is 1. The number of nitrogens with one attached hydrogen (secondary N) is 1. The summed E-state index contributed by atoms with van der Waals surface area (Å²) in [6.07, 6.45) is 1.02. The minimum atomic E-state index is 0.133. The highest BCUT2D eigenvalue weighted by Gasteiger charge is 2.25. The van der Waals surface area contributed by atoms with Crippen LogP contribution in [0, 0.1) is 11.8 Å². The zero-order chi connectivity index (χ0) is 10.6. The van der Waals surface area contributed by atoms with E-state index in [0.717, 1.165) is 17.9 Å². The molecule has 4 heteroatoms. The van der Waals surface area contributed by atoms with Gasteiger partial charge < -0.3 is 11.1 Å². The summed E-state index contributed by atoms with van der Waals surface area (Å²) in [6, 6.07) is 0.133. The van der Waals surface area contributed by atoms with Gasteiger partial charge in [-0.3, -0.25) is 4.79 Å². The smallest absolute Gasteiger partial charge is 0.224 e. The van der Waals surface area contributed by atoms with Crippen LogP contribution in [0.2, 0.25) is 0 Å². The van der Waals surface area contributed by atoms with E-state index < -0.39 is 0 Å². The topological polar surface area (TPSA) is 55.1 Å². The van der Waals surface area contributed by atoms with E-state index >= 15 is 0 Å². The summed E-state index contributed by atoms with van der Waals surface area (Å²) in [7, 11) is 0. The molecule has 0 aromatic rings. The maximum Gasteiger partial charge on any atom is 0.224 e. The summed E-state index contributed by atoms with van der Waals surface area (Å²) in [5.41, 5.74) is 5.60. The number of hydrogen-bond donors (Lipinski definition) is 2. The molecule has 1 aliphatic rings. The van der Waals surface area contributed by atoms with Gasteiger partial charge in [0.25, 0.3) is 0 Å². The van der Waals surface area contributed by atoms with Crippen LogP contribution in [0.15, 0.2) is 0 Å². The molecular weight excluding hydrogens is 196 g/mol. The highest BCUT2D eigenvalue weighted by molar-refractivity contribution is 7.99. The van der Waals surface area contributed by atoms with Crippen molar-refractivity contribution in [2.45, 2.75) is 26.3 Å². The summed E-state index contributed by atoms with van der Waals surface area (Å²) in [5, 5.41) is 3.03. The normalized spacial score (nSPS) is 23.9. The lowest BCUT2D eigenvalue weighted by atomic mass is 10.0. The molecule has 14 heavy (non-hydrogen) atoms. The predicted octanol–water partition coefficient (Wildman–Crippen LogP) is 0.839. The maximum absolute atomic E-state index is 11.7. The van der Waals surface area contributed by atoms with Crippen molar-refractivity contribution in [3.05, 3.63) is 0 Å². The van der Waals surface area contributed by atoms with E-state index in [-0.39, 0.29) is 17.9 Å². The van der Waals surface area contributed by atoms with Crippen LogP contribution >= 0.6 is 11.8 Å². The maximum atomic E-state index is 11.7. The minimum Gasteiger partial charge on any atom is -0.352 e. The van der Waals surface area contributed by atoms with Gasteiger partial charge >= 0.3 is 0 Å². The molecule has 1 fully saturated rings. The predicted molar refractivity (Wildman–Crippen MR) is 61.3 cm³/mol. The molecular formula is C10H20N2OS. The third-order valence-corrected chi connectivity index (χ3v) is 3.85. The standard InChI is InChI=1S/C10H20N2OS/c1-7(2)9(5-11)12-10(13)8-3-4-14-6-8/h7-9H,3-6,11H2,1-2H3,(H,12,13). The number of amides is 1. The molecule has 0 aliphatic carbocycles. The van der Waals surface area contributed by atoms with Gasteiger partial charge in [-0.1, -0.05) is 13.8 Å². The van der Waals surface area contributed by atoms with E-state index in [9.17, 15) is 4.79 Å². The van der Waals surface area contributed by atoms with Crippen molar-refractivity contribution in [3.63, 3.8) is 0 Å². The van der Waals surface area contributed by atoms with Crippen molar-refractivity contribution in [1.82, 2.24) is 5.32 Å². The molecule has 2 unspecified atom stereocenters. The monoisotopic (exact) mass is 216 g/mol. The van der Waals surface area contributed by atoms with Crippen LogP contribution < -0.4 is 11.1 Å². The van der Waals surface area contributed by atoms with Crippen LogP contribution in [0.5, 0.6) is 0 Å². The molecule has 0 aromatic heterocycles. The van der Waals surface area contributed by atoms with Gasteiger partial charge in [-0.05, 0) is 18.1 Å². The molecule has 0 radical (unpaired) electrons. The van der Waals surface area contributed by atoms with Gasteiger partial charge in [0.05, 0.1) is 0 Å². The summed E-state index contributed by atoms with van der Waals surface area (Å²) >= 11 is 1.86. The van der Waals surface area contributed by atoms with Gasteiger partial charge in [0.1, 0.15) is 0 Å². The Balaban J connectivity index is 2.37. The Kier molecular flexibility index (Phi) is 4.75. The van der Waals surface area contributed by atoms with Gasteiger partial charge in [-0.2, -0.15) is 11.8 Å². The fourth-order valence-corrected chi connectivity index (χ4v) is 2.76. The Morgan fingerprint density at radius 2 is 2.36 bits per heavy atom. The van der Waals surface area contributed by atoms with Crippen molar-refractivity contribution in [3.8, 4) is 0 Å². The van der Waals surface area contributed by atoms with Gasteiger partial charge in [0.2, 0.25) is 5.91 Å². The lowest BCUT2D eigenvalue weighted by Crippen LogP contribution is -2.46. The molecule has 3 nitrogen and oxygen atoms in total. The first-order valence-corrected chi connectivity index (χ1v) is 6.38. The Morgan fingerprint density at radius 3 is 2.79 bits per heavy atom. The number of carbonyl (C=O) groups excluding carboxylic acids is 1. The molecule has 1 saturated heterocycles. The summed E-state index contributed by atoms with van der Waals surface area (Å²) < 4.78 is 0. The first-order chi connectivity index (χ1) is 6.65. The summed E-state index contributed by atoms with van der Waals surface area (Å²) in [5.74, 6) is 2.92. The molecule has 1 heterocycles. The quantitative estimate of drug-likeness (QED) is 0.732. The van der Waals surface area contributed by atoms with Crippen molar-refractivity contribution >= 4 is 17.7 Å². The van der Waals surface area contributed by atoms with E-state index in [0.29, 0.717) is 12.5 Å². The number of carbonyl (C=O) groups is 1. The van der Waals surface area contributed by atoms with Gasteiger partial charge in [-0.25, -0.2) is 0 Å². The van der Waals surface area contributed by atoms with Crippen molar-refractivity contribution < 1.29 is 4.79 Å². The molecule has 0 spiro atoms. The zero-order valence-corrected chi connectivity index (χ0v) is 9.77. The molecule has 0 bridgehead atoms. The summed E-state index contributed by atoms with van der Waals surface area (Å²) in [4.78, 5) is 11.7. The van der Waals surface area contributed by atoms with Crippen molar-refractivity contribution in [1.29, 1.82) is 0 Å². The largest absolute Gasteiger partial charge is 0.352 e. The van der Waals surface area contributed by atoms with Crippen LogP contribution in [-0.2, 0) is 4.79 Å². The molecule has 1 aliphatic heterocycles. The molecule has 1 rings (SSSR count). The fourth-order valence-electron chi connectivity index (χ4n) is 1.54. The number of rotatable bonds is 4. The highest BCUT2D eigenvalue weighted by atomic mass is 32.2. The molecule has 2 atom stereocenters. The Morgan fingerprint density at radius 1 is 1.64 bits per heavy atom. The highest BCUT2D eigenvalue weighted by Crippen LogP contribution is 2.23. The molecule has 3 N–H and O–H groups in total. The number of hydrogen-bond acceptors (Lipinski definition) is 3. The third kappa shape index (κ3) is 3.17.